The molecule has 0 aliphatic heterocycles. The summed E-state index contributed by atoms with van der Waals surface area (Å²) in [5.74, 6) is -0.524. The summed E-state index contributed by atoms with van der Waals surface area (Å²) < 4.78 is 26.2. The van der Waals surface area contributed by atoms with E-state index in [1.807, 2.05) is 0 Å². The molecule has 5 heteroatoms. The van der Waals surface area contributed by atoms with Gasteiger partial charge in [-0.2, -0.15) is 4.39 Å². The van der Waals surface area contributed by atoms with E-state index in [0.29, 0.717) is 16.1 Å². The van der Waals surface area contributed by atoms with Crippen LogP contribution in [-0.4, -0.2) is 0 Å². The summed E-state index contributed by atoms with van der Waals surface area (Å²) in [5, 5.41) is -0.0465. The number of halogens is 3. The van der Waals surface area contributed by atoms with Gasteiger partial charge >= 0.3 is 0 Å². The number of hydrogen-bond donors (Lipinski definition) is 1. The molecule has 0 aliphatic carbocycles. The van der Waals surface area contributed by atoms with Gasteiger partial charge in [-0.1, -0.05) is 29.0 Å². The molecule has 0 unspecified atom stereocenters. The lowest BCUT2D eigenvalue weighted by Gasteiger charge is -1.99. The number of thiophene rings is 1. The van der Waals surface area contributed by atoms with Crippen LogP contribution in [0.5, 0.6) is 0 Å². The largest absolute Gasteiger partial charge is 0.390 e. The van der Waals surface area contributed by atoms with E-state index in [0.717, 1.165) is 11.3 Å². The summed E-state index contributed by atoms with van der Waals surface area (Å²) in [5.41, 5.74) is 6.32. The van der Waals surface area contributed by atoms with Crippen molar-refractivity contribution in [3.8, 4) is 11.1 Å². The van der Waals surface area contributed by atoms with Gasteiger partial charge in [0.05, 0.1) is 10.0 Å². The van der Waals surface area contributed by atoms with Gasteiger partial charge < -0.3 is 5.73 Å². The van der Waals surface area contributed by atoms with E-state index in [1.165, 1.54) is 24.3 Å². The maximum absolute atomic E-state index is 13.3. The third kappa shape index (κ3) is 1.96. The van der Waals surface area contributed by atoms with Gasteiger partial charge in [-0.3, -0.25) is 0 Å². The van der Waals surface area contributed by atoms with Gasteiger partial charge in [0.25, 0.3) is 0 Å². The summed E-state index contributed by atoms with van der Waals surface area (Å²) in [6.07, 6.45) is 0. The van der Waals surface area contributed by atoms with E-state index < -0.39 is 10.9 Å². The van der Waals surface area contributed by atoms with Crippen molar-refractivity contribution in [3.63, 3.8) is 0 Å². The zero-order chi connectivity index (χ0) is 11.0. The summed E-state index contributed by atoms with van der Waals surface area (Å²) in [6, 6.07) is 5.54. The molecule has 78 valence electrons. The van der Waals surface area contributed by atoms with Crippen LogP contribution in [-0.2, 0) is 0 Å². The van der Waals surface area contributed by atoms with Gasteiger partial charge in [0, 0.05) is 5.56 Å². The van der Waals surface area contributed by atoms with Crippen molar-refractivity contribution in [1.29, 1.82) is 0 Å². The monoisotopic (exact) mass is 245 g/mol. The molecule has 0 amide bonds. The number of anilines is 1. The molecule has 2 N–H and O–H groups in total. The summed E-state index contributed by atoms with van der Waals surface area (Å²) in [6.45, 7) is 0. The van der Waals surface area contributed by atoms with Crippen LogP contribution in [0.1, 0.15) is 0 Å². The minimum Gasteiger partial charge on any atom is -0.390 e. The Balaban J connectivity index is 2.54. The van der Waals surface area contributed by atoms with Crippen LogP contribution in [0.2, 0.25) is 5.02 Å². The van der Waals surface area contributed by atoms with Gasteiger partial charge in [-0.25, -0.2) is 4.39 Å². The van der Waals surface area contributed by atoms with Crippen molar-refractivity contribution in [2.75, 3.05) is 5.73 Å². The molecule has 15 heavy (non-hydrogen) atoms. The van der Waals surface area contributed by atoms with Crippen molar-refractivity contribution in [3.05, 3.63) is 40.2 Å². The van der Waals surface area contributed by atoms with Crippen molar-refractivity contribution in [2.24, 2.45) is 0 Å². The zero-order valence-electron chi connectivity index (χ0n) is 7.43. The number of rotatable bonds is 1. The van der Waals surface area contributed by atoms with E-state index in [9.17, 15) is 8.78 Å². The first-order valence-corrected chi connectivity index (χ1v) is 5.27. The second kappa shape index (κ2) is 3.79. The van der Waals surface area contributed by atoms with Crippen molar-refractivity contribution in [1.82, 2.24) is 0 Å². The first-order chi connectivity index (χ1) is 7.08. The fourth-order valence-corrected chi connectivity index (χ4v) is 2.10. The quantitative estimate of drug-likeness (QED) is 0.809. The predicted octanol–water partition coefficient (Wildman–Crippen LogP) is 3.93. The number of hydrogen-bond acceptors (Lipinski definition) is 2. The summed E-state index contributed by atoms with van der Waals surface area (Å²) in [4.78, 5) is 0. The lowest BCUT2D eigenvalue weighted by atomic mass is 10.1. The van der Waals surface area contributed by atoms with Crippen LogP contribution >= 0.6 is 22.9 Å². The molecule has 0 aliphatic rings. The highest BCUT2D eigenvalue weighted by Crippen LogP contribution is 2.33. The molecule has 0 saturated heterocycles. The highest BCUT2D eigenvalue weighted by molar-refractivity contribution is 7.14. The molecule has 1 heterocycles. The summed E-state index contributed by atoms with van der Waals surface area (Å²) >= 11 is 6.45. The SMILES string of the molecule is Nc1cc(-c2ccc(F)c(Cl)c2)c(F)s1. The molecule has 0 saturated carbocycles. The average molecular weight is 246 g/mol. The highest BCUT2D eigenvalue weighted by atomic mass is 35.5. The van der Waals surface area contributed by atoms with Crippen molar-refractivity contribution in [2.45, 2.75) is 0 Å². The molecular formula is C10H6ClF2NS. The molecule has 2 rings (SSSR count). The Morgan fingerprint density at radius 1 is 1.20 bits per heavy atom. The Labute approximate surface area is 94.1 Å². The summed E-state index contributed by atoms with van der Waals surface area (Å²) in [7, 11) is 0. The second-order valence-electron chi connectivity index (χ2n) is 2.97. The Kier molecular flexibility index (Phi) is 2.63. The van der Waals surface area contributed by atoms with Gasteiger partial charge in [0.15, 0.2) is 5.13 Å². The lowest BCUT2D eigenvalue weighted by molar-refractivity contribution is 0.628. The topological polar surface area (TPSA) is 26.0 Å². The van der Waals surface area contributed by atoms with E-state index in [-0.39, 0.29) is 5.02 Å². The number of nitrogen functional groups attached to an aromatic ring is 1. The molecule has 2 aromatic rings. The average Bonchev–Trinajstić information content (AvgIpc) is 2.50. The maximum atomic E-state index is 13.3. The predicted molar refractivity (Wildman–Crippen MR) is 59.1 cm³/mol. The van der Waals surface area contributed by atoms with E-state index in [4.69, 9.17) is 17.3 Å². The van der Waals surface area contributed by atoms with Crippen LogP contribution in [0.3, 0.4) is 0 Å². The van der Waals surface area contributed by atoms with E-state index >= 15 is 0 Å². The molecule has 0 atom stereocenters. The molecule has 0 spiro atoms. The highest BCUT2D eigenvalue weighted by Gasteiger charge is 2.10. The fourth-order valence-electron chi connectivity index (χ4n) is 1.25. The van der Waals surface area contributed by atoms with Crippen molar-refractivity contribution >= 4 is 27.9 Å². The van der Waals surface area contributed by atoms with Crippen molar-refractivity contribution < 1.29 is 8.78 Å². The third-order valence-electron chi connectivity index (χ3n) is 1.94. The first kappa shape index (κ1) is 10.4. The Morgan fingerprint density at radius 2 is 1.93 bits per heavy atom. The van der Waals surface area contributed by atoms with Gasteiger partial charge in [0.1, 0.15) is 5.82 Å². The molecule has 0 radical (unpaired) electrons. The minimum absolute atomic E-state index is 0.0309. The Bertz CT molecular complexity index is 510. The number of nitrogens with two attached hydrogens (primary N) is 1. The molecule has 0 bridgehead atoms. The van der Waals surface area contributed by atoms with Crippen LogP contribution in [0.15, 0.2) is 24.3 Å². The van der Waals surface area contributed by atoms with E-state index in [2.05, 4.69) is 0 Å². The Hall–Kier alpha value is -1.13. The lowest BCUT2D eigenvalue weighted by Crippen LogP contribution is -1.81. The molecule has 1 aromatic heterocycles. The molecular weight excluding hydrogens is 240 g/mol. The van der Waals surface area contributed by atoms with Crippen LogP contribution in [0.4, 0.5) is 13.8 Å². The molecule has 0 fully saturated rings. The van der Waals surface area contributed by atoms with Gasteiger partial charge in [-0.15, -0.1) is 0 Å². The minimum atomic E-state index is -0.524. The maximum Gasteiger partial charge on any atom is 0.186 e. The molecule has 1 aromatic carbocycles. The van der Waals surface area contributed by atoms with E-state index in [1.54, 1.807) is 0 Å². The van der Waals surface area contributed by atoms with Gasteiger partial charge in [-0.05, 0) is 23.8 Å². The first-order valence-electron chi connectivity index (χ1n) is 4.08. The van der Waals surface area contributed by atoms with Crippen LogP contribution in [0, 0.1) is 10.9 Å². The zero-order valence-corrected chi connectivity index (χ0v) is 9.00. The number of benzene rings is 1. The van der Waals surface area contributed by atoms with Crippen LogP contribution < -0.4 is 5.73 Å². The standard InChI is InChI=1S/C10H6ClF2NS/c11-7-3-5(1-2-8(7)12)6-4-9(14)15-10(6)13/h1-4H,14H2. The second-order valence-corrected chi connectivity index (χ2v) is 4.41. The van der Waals surface area contributed by atoms with Gasteiger partial charge in [0.2, 0.25) is 0 Å². The Morgan fingerprint density at radius 3 is 2.47 bits per heavy atom. The third-order valence-corrected chi connectivity index (χ3v) is 2.98. The normalized spacial score (nSPS) is 10.6. The fraction of sp³-hybridized carbons (Fsp3) is 0. The smallest absolute Gasteiger partial charge is 0.186 e. The van der Waals surface area contributed by atoms with Crippen LogP contribution in [0.25, 0.3) is 11.1 Å². The molecule has 1 nitrogen and oxygen atoms in total.